The van der Waals surface area contributed by atoms with Gasteiger partial charge < -0.3 is 9.84 Å². The van der Waals surface area contributed by atoms with E-state index in [1.807, 2.05) is 0 Å². The molecule has 1 unspecified atom stereocenters. The summed E-state index contributed by atoms with van der Waals surface area (Å²) in [6.07, 6.45) is 0.433. The van der Waals surface area contributed by atoms with E-state index >= 15 is 0 Å². The minimum atomic E-state index is -3.88. The van der Waals surface area contributed by atoms with Crippen LogP contribution in [0.25, 0.3) is 0 Å². The van der Waals surface area contributed by atoms with E-state index in [1.54, 1.807) is 6.92 Å². The second-order valence-electron chi connectivity index (χ2n) is 3.39. The monoisotopic (exact) mass is 294 g/mol. The van der Waals surface area contributed by atoms with E-state index in [0.29, 0.717) is 6.42 Å². The molecule has 0 aliphatic carbocycles. The molecule has 1 heterocycles. The molecule has 0 bridgehead atoms. The minimum Gasteiger partial charge on any atom is -0.464 e. The van der Waals surface area contributed by atoms with Crippen molar-refractivity contribution in [2.45, 2.75) is 23.6 Å². The van der Waals surface area contributed by atoms with Crippen molar-refractivity contribution in [2.75, 3.05) is 13.7 Å². The van der Waals surface area contributed by atoms with E-state index in [2.05, 4.69) is 14.4 Å². The number of aliphatic hydroxyl groups is 1. The molecule has 18 heavy (non-hydrogen) atoms. The summed E-state index contributed by atoms with van der Waals surface area (Å²) in [5.41, 5.74) is 1.00. The second kappa shape index (κ2) is 6.23. The highest BCUT2D eigenvalue weighted by Gasteiger charge is 2.28. The standard InChI is InChI=1S/C9H14N2O5S2/c1-3-6(4-12)11-18(14,15)9-7(8(13)16-2)10-5-17-9/h5-6,11-12H,3-4H2,1-2H3. The normalized spacial score (nSPS) is 13.3. The van der Waals surface area contributed by atoms with Gasteiger partial charge in [0.05, 0.1) is 19.2 Å². The third-order valence-electron chi connectivity index (χ3n) is 2.19. The number of sulfonamides is 1. The smallest absolute Gasteiger partial charge is 0.358 e. The van der Waals surface area contributed by atoms with Crippen molar-refractivity contribution in [2.24, 2.45) is 0 Å². The maximum Gasteiger partial charge on any atom is 0.358 e. The van der Waals surface area contributed by atoms with Gasteiger partial charge in [0.1, 0.15) is 0 Å². The predicted octanol–water partition coefficient (Wildman–Crippen LogP) is -0.0211. The molecule has 0 aromatic carbocycles. The van der Waals surface area contributed by atoms with E-state index < -0.39 is 22.0 Å². The molecule has 0 aliphatic rings. The van der Waals surface area contributed by atoms with Crippen LogP contribution in [-0.4, -0.2) is 44.2 Å². The van der Waals surface area contributed by atoms with E-state index in [1.165, 1.54) is 5.51 Å². The molecule has 0 aliphatic heterocycles. The molecule has 0 spiro atoms. The van der Waals surface area contributed by atoms with Crippen molar-refractivity contribution in [3.63, 3.8) is 0 Å². The van der Waals surface area contributed by atoms with Crippen LogP contribution >= 0.6 is 11.3 Å². The number of thiazole rings is 1. The van der Waals surface area contributed by atoms with Crippen molar-refractivity contribution in [1.29, 1.82) is 0 Å². The third kappa shape index (κ3) is 3.25. The molecule has 0 saturated heterocycles. The lowest BCUT2D eigenvalue weighted by Crippen LogP contribution is -2.37. The molecule has 102 valence electrons. The molecule has 0 fully saturated rings. The Labute approximate surface area is 109 Å². The molecule has 1 atom stereocenters. The van der Waals surface area contributed by atoms with Gasteiger partial charge in [-0.1, -0.05) is 6.92 Å². The lowest BCUT2D eigenvalue weighted by atomic mass is 10.3. The zero-order valence-electron chi connectivity index (χ0n) is 9.91. The fraction of sp³-hybridized carbons (Fsp3) is 0.556. The quantitative estimate of drug-likeness (QED) is 0.714. The van der Waals surface area contributed by atoms with Crippen LogP contribution in [0.3, 0.4) is 0 Å². The van der Waals surface area contributed by atoms with E-state index in [9.17, 15) is 13.2 Å². The Kier molecular flexibility index (Phi) is 5.20. The predicted molar refractivity (Wildman–Crippen MR) is 64.9 cm³/mol. The van der Waals surface area contributed by atoms with Gasteiger partial charge in [-0.2, -0.15) is 0 Å². The number of nitrogens with one attached hydrogen (secondary N) is 1. The first kappa shape index (κ1) is 15.0. The lowest BCUT2D eigenvalue weighted by molar-refractivity contribution is 0.0590. The Hall–Kier alpha value is -1.03. The summed E-state index contributed by atoms with van der Waals surface area (Å²) in [4.78, 5) is 15.0. The summed E-state index contributed by atoms with van der Waals surface area (Å²) in [5, 5.41) is 8.98. The van der Waals surface area contributed by atoms with Crippen molar-refractivity contribution >= 4 is 27.3 Å². The van der Waals surface area contributed by atoms with Crippen LogP contribution in [0.5, 0.6) is 0 Å². The summed E-state index contributed by atoms with van der Waals surface area (Å²) in [6.45, 7) is 1.42. The first-order valence-electron chi connectivity index (χ1n) is 5.11. The summed E-state index contributed by atoms with van der Waals surface area (Å²) in [5.74, 6) is -0.811. The van der Waals surface area contributed by atoms with Gasteiger partial charge in [-0.05, 0) is 6.42 Å². The molecule has 7 nitrogen and oxygen atoms in total. The summed E-state index contributed by atoms with van der Waals surface area (Å²) in [7, 11) is -2.73. The van der Waals surface area contributed by atoms with Crippen molar-refractivity contribution in [3.8, 4) is 0 Å². The Bertz CT molecular complexity index is 507. The highest BCUT2D eigenvalue weighted by molar-refractivity contribution is 7.91. The van der Waals surface area contributed by atoms with Gasteiger partial charge in [0.25, 0.3) is 10.0 Å². The van der Waals surface area contributed by atoms with Crippen LogP contribution in [-0.2, 0) is 14.8 Å². The average molecular weight is 294 g/mol. The molecule has 0 saturated carbocycles. The Morgan fingerprint density at radius 3 is 2.83 bits per heavy atom. The average Bonchev–Trinajstić information content (AvgIpc) is 2.85. The molecular weight excluding hydrogens is 280 g/mol. The minimum absolute atomic E-state index is 0.207. The van der Waals surface area contributed by atoms with Crippen molar-refractivity contribution in [3.05, 3.63) is 11.2 Å². The van der Waals surface area contributed by atoms with Gasteiger partial charge in [0.15, 0.2) is 9.90 Å². The number of carbonyl (C=O) groups is 1. The fourth-order valence-electron chi connectivity index (χ4n) is 1.18. The number of carbonyl (C=O) groups excluding carboxylic acids is 1. The molecule has 0 amide bonds. The van der Waals surface area contributed by atoms with Gasteiger partial charge in [-0.25, -0.2) is 22.9 Å². The lowest BCUT2D eigenvalue weighted by Gasteiger charge is -2.13. The molecular formula is C9H14N2O5S2. The summed E-state index contributed by atoms with van der Waals surface area (Å²) < 4.78 is 30.6. The number of aliphatic hydroxyl groups excluding tert-OH is 1. The van der Waals surface area contributed by atoms with Crippen LogP contribution in [0.1, 0.15) is 23.8 Å². The van der Waals surface area contributed by atoms with Crippen LogP contribution in [0.15, 0.2) is 9.72 Å². The third-order valence-corrected chi connectivity index (χ3v) is 5.08. The number of methoxy groups -OCH3 is 1. The van der Waals surface area contributed by atoms with E-state index in [0.717, 1.165) is 18.4 Å². The highest BCUT2D eigenvalue weighted by Crippen LogP contribution is 2.21. The first-order chi connectivity index (χ1) is 8.46. The first-order valence-corrected chi connectivity index (χ1v) is 7.47. The molecule has 1 aromatic heterocycles. The maximum atomic E-state index is 12.0. The Balaban J connectivity index is 3.06. The van der Waals surface area contributed by atoms with Crippen molar-refractivity contribution in [1.82, 2.24) is 9.71 Å². The SMILES string of the molecule is CCC(CO)NS(=O)(=O)c1scnc1C(=O)OC. The molecule has 1 rings (SSSR count). The van der Waals surface area contributed by atoms with E-state index in [-0.39, 0.29) is 16.5 Å². The van der Waals surface area contributed by atoms with Gasteiger partial charge in [-0.15, -0.1) is 11.3 Å². The van der Waals surface area contributed by atoms with Crippen LogP contribution in [0.2, 0.25) is 0 Å². The molecule has 0 radical (unpaired) electrons. The number of aromatic nitrogens is 1. The van der Waals surface area contributed by atoms with Gasteiger partial charge in [0, 0.05) is 6.04 Å². The fourth-order valence-corrected chi connectivity index (χ4v) is 3.64. The van der Waals surface area contributed by atoms with Crippen LogP contribution < -0.4 is 4.72 Å². The highest BCUT2D eigenvalue weighted by atomic mass is 32.2. The Morgan fingerprint density at radius 1 is 1.67 bits per heavy atom. The van der Waals surface area contributed by atoms with E-state index in [4.69, 9.17) is 5.11 Å². The molecule has 9 heteroatoms. The topological polar surface area (TPSA) is 106 Å². The number of rotatable bonds is 6. The van der Waals surface area contributed by atoms with Crippen molar-refractivity contribution < 1.29 is 23.1 Å². The Morgan fingerprint density at radius 2 is 2.33 bits per heavy atom. The largest absolute Gasteiger partial charge is 0.464 e. The zero-order chi connectivity index (χ0) is 13.8. The van der Waals surface area contributed by atoms with Gasteiger partial charge in [0.2, 0.25) is 0 Å². The summed E-state index contributed by atoms with van der Waals surface area (Å²) in [6, 6.07) is -0.595. The molecule has 2 N–H and O–H groups in total. The second-order valence-corrected chi connectivity index (χ2v) is 6.15. The van der Waals surface area contributed by atoms with Crippen LogP contribution in [0, 0.1) is 0 Å². The van der Waals surface area contributed by atoms with Gasteiger partial charge >= 0.3 is 5.97 Å². The number of nitrogens with zero attached hydrogens (tertiary/aromatic N) is 1. The van der Waals surface area contributed by atoms with Gasteiger partial charge in [-0.3, -0.25) is 0 Å². The maximum absolute atomic E-state index is 12.0. The summed E-state index contributed by atoms with van der Waals surface area (Å²) >= 11 is 0.819. The number of hydrogen-bond donors (Lipinski definition) is 2. The zero-order valence-corrected chi connectivity index (χ0v) is 11.5. The number of esters is 1. The van der Waals surface area contributed by atoms with Crippen LogP contribution in [0.4, 0.5) is 0 Å². The number of ether oxygens (including phenoxy) is 1. The number of hydrogen-bond acceptors (Lipinski definition) is 7. The molecule has 1 aromatic rings.